The van der Waals surface area contributed by atoms with Crippen LogP contribution in [0.2, 0.25) is 0 Å². The first-order valence-corrected chi connectivity index (χ1v) is 7.34. The summed E-state index contributed by atoms with van der Waals surface area (Å²) in [5.74, 6) is 0.231. The number of benzene rings is 1. The Hall–Kier alpha value is -2.34. The van der Waals surface area contributed by atoms with E-state index >= 15 is 0 Å². The Labute approximate surface area is 128 Å². The van der Waals surface area contributed by atoms with E-state index in [1.807, 2.05) is 31.3 Å². The van der Waals surface area contributed by atoms with Crippen molar-refractivity contribution in [1.29, 1.82) is 0 Å². The summed E-state index contributed by atoms with van der Waals surface area (Å²) in [7, 11) is 0. The SMILES string of the molecule is CCC(N)COC1=NN2C(c3cccc(F)c3)=CNC2C=C1. The lowest BCUT2D eigenvalue weighted by Gasteiger charge is -2.26. The number of hydrazone groups is 1. The lowest BCUT2D eigenvalue weighted by atomic mass is 10.1. The molecular formula is C16H19FN4O. The van der Waals surface area contributed by atoms with Crippen LogP contribution in [0.3, 0.4) is 0 Å². The van der Waals surface area contributed by atoms with Crippen LogP contribution in [0.1, 0.15) is 18.9 Å². The van der Waals surface area contributed by atoms with Crippen molar-refractivity contribution in [2.75, 3.05) is 6.61 Å². The Morgan fingerprint density at radius 3 is 3.14 bits per heavy atom. The Morgan fingerprint density at radius 1 is 1.50 bits per heavy atom. The van der Waals surface area contributed by atoms with E-state index in [9.17, 15) is 4.39 Å². The molecule has 116 valence electrons. The van der Waals surface area contributed by atoms with Gasteiger partial charge in [0.15, 0.2) is 0 Å². The molecule has 2 heterocycles. The highest BCUT2D eigenvalue weighted by molar-refractivity contribution is 5.89. The molecule has 2 atom stereocenters. The zero-order valence-corrected chi connectivity index (χ0v) is 12.4. The number of halogens is 1. The molecule has 0 saturated heterocycles. The van der Waals surface area contributed by atoms with Gasteiger partial charge in [0.25, 0.3) is 0 Å². The van der Waals surface area contributed by atoms with Gasteiger partial charge in [-0.3, -0.25) is 0 Å². The minimum Gasteiger partial charge on any atom is -0.475 e. The molecule has 3 rings (SSSR count). The van der Waals surface area contributed by atoms with Crippen LogP contribution in [0.4, 0.5) is 4.39 Å². The molecule has 2 aliphatic rings. The maximum absolute atomic E-state index is 13.4. The zero-order chi connectivity index (χ0) is 15.5. The Balaban J connectivity index is 1.76. The monoisotopic (exact) mass is 302 g/mol. The number of rotatable bonds is 4. The molecule has 1 aromatic rings. The number of nitrogens with two attached hydrogens (primary N) is 1. The van der Waals surface area contributed by atoms with E-state index in [4.69, 9.17) is 10.5 Å². The number of fused-ring (bicyclic) bond motifs is 1. The third-order valence-corrected chi connectivity index (χ3v) is 3.62. The number of nitrogens with one attached hydrogen (secondary N) is 1. The lowest BCUT2D eigenvalue weighted by molar-refractivity contribution is 0.254. The standard InChI is InChI=1S/C16H19FN4O/c1-2-13(18)10-22-16-7-6-15-19-9-14(21(15)20-16)11-4-3-5-12(17)8-11/h3-9,13,15,19H,2,10,18H2,1H3. The van der Waals surface area contributed by atoms with Crippen LogP contribution in [-0.4, -0.2) is 29.7 Å². The topological polar surface area (TPSA) is 62.9 Å². The normalized spacial score (nSPS) is 20.9. The molecule has 0 radical (unpaired) electrons. The summed E-state index contributed by atoms with van der Waals surface area (Å²) in [6.45, 7) is 2.43. The maximum Gasteiger partial charge on any atom is 0.231 e. The van der Waals surface area contributed by atoms with Gasteiger partial charge in [0.05, 0.1) is 5.70 Å². The van der Waals surface area contributed by atoms with Crippen LogP contribution in [0.5, 0.6) is 0 Å². The number of hydrogen-bond acceptors (Lipinski definition) is 5. The predicted molar refractivity (Wildman–Crippen MR) is 83.9 cm³/mol. The molecule has 22 heavy (non-hydrogen) atoms. The van der Waals surface area contributed by atoms with Gasteiger partial charge >= 0.3 is 0 Å². The van der Waals surface area contributed by atoms with E-state index in [1.54, 1.807) is 11.1 Å². The summed E-state index contributed by atoms with van der Waals surface area (Å²) in [6, 6.07) is 6.42. The third kappa shape index (κ3) is 2.96. The molecular weight excluding hydrogens is 283 g/mol. The Bertz CT molecular complexity index is 641. The van der Waals surface area contributed by atoms with Crippen molar-refractivity contribution in [2.45, 2.75) is 25.6 Å². The van der Waals surface area contributed by atoms with E-state index in [0.29, 0.717) is 12.5 Å². The van der Waals surface area contributed by atoms with Gasteiger partial charge in [-0.15, -0.1) is 5.10 Å². The fraction of sp³-hybridized carbons (Fsp3) is 0.312. The molecule has 1 aromatic carbocycles. The van der Waals surface area contributed by atoms with Crippen molar-refractivity contribution < 1.29 is 9.13 Å². The molecule has 0 saturated carbocycles. The average Bonchev–Trinajstić information content (AvgIpc) is 2.95. The number of hydrogen-bond donors (Lipinski definition) is 2. The minimum absolute atomic E-state index is 0.0104. The van der Waals surface area contributed by atoms with Gasteiger partial charge in [0, 0.05) is 23.9 Å². The lowest BCUT2D eigenvalue weighted by Crippen LogP contribution is -2.35. The second-order valence-corrected chi connectivity index (χ2v) is 5.27. The van der Waals surface area contributed by atoms with Gasteiger partial charge in [0.1, 0.15) is 18.6 Å². The summed E-state index contributed by atoms with van der Waals surface area (Å²) in [4.78, 5) is 0. The van der Waals surface area contributed by atoms with Gasteiger partial charge in [0.2, 0.25) is 5.90 Å². The van der Waals surface area contributed by atoms with Gasteiger partial charge in [-0.25, -0.2) is 9.40 Å². The number of ether oxygens (including phenoxy) is 1. The highest BCUT2D eigenvalue weighted by atomic mass is 19.1. The summed E-state index contributed by atoms with van der Waals surface area (Å²) >= 11 is 0. The highest BCUT2D eigenvalue weighted by Crippen LogP contribution is 2.28. The van der Waals surface area contributed by atoms with Crippen molar-refractivity contribution >= 4 is 11.6 Å². The molecule has 0 fully saturated rings. The van der Waals surface area contributed by atoms with Crippen LogP contribution < -0.4 is 11.1 Å². The molecule has 0 aliphatic carbocycles. The quantitative estimate of drug-likeness (QED) is 0.893. The van der Waals surface area contributed by atoms with Gasteiger partial charge in [-0.1, -0.05) is 19.1 Å². The first-order chi connectivity index (χ1) is 10.7. The van der Waals surface area contributed by atoms with Gasteiger partial charge < -0.3 is 15.8 Å². The van der Waals surface area contributed by atoms with Crippen molar-refractivity contribution in [3.63, 3.8) is 0 Å². The summed E-state index contributed by atoms with van der Waals surface area (Å²) in [5, 5.41) is 9.44. The molecule has 2 unspecified atom stereocenters. The molecule has 2 aliphatic heterocycles. The highest BCUT2D eigenvalue weighted by Gasteiger charge is 2.28. The minimum atomic E-state index is -0.274. The fourth-order valence-corrected chi connectivity index (χ4v) is 2.27. The first kappa shape index (κ1) is 14.6. The van der Waals surface area contributed by atoms with Crippen molar-refractivity contribution in [1.82, 2.24) is 10.3 Å². The average molecular weight is 302 g/mol. The van der Waals surface area contributed by atoms with Crippen molar-refractivity contribution in [2.24, 2.45) is 10.8 Å². The summed E-state index contributed by atoms with van der Waals surface area (Å²) in [6.07, 6.45) is 6.36. The largest absolute Gasteiger partial charge is 0.475 e. The molecule has 5 nitrogen and oxygen atoms in total. The molecule has 0 aromatic heterocycles. The van der Waals surface area contributed by atoms with Crippen LogP contribution in [-0.2, 0) is 4.74 Å². The Morgan fingerprint density at radius 2 is 2.36 bits per heavy atom. The Kier molecular flexibility index (Phi) is 4.11. The van der Waals surface area contributed by atoms with Crippen LogP contribution in [0.15, 0.2) is 47.7 Å². The van der Waals surface area contributed by atoms with Crippen molar-refractivity contribution in [3.05, 3.63) is 54.0 Å². The molecule has 0 spiro atoms. The van der Waals surface area contributed by atoms with E-state index in [-0.39, 0.29) is 18.0 Å². The summed E-state index contributed by atoms with van der Waals surface area (Å²) in [5.41, 5.74) is 7.41. The van der Waals surface area contributed by atoms with E-state index in [0.717, 1.165) is 17.7 Å². The molecule has 0 amide bonds. The molecule has 3 N–H and O–H groups in total. The van der Waals surface area contributed by atoms with Crippen molar-refractivity contribution in [3.8, 4) is 0 Å². The van der Waals surface area contributed by atoms with Gasteiger partial charge in [-0.05, 0) is 24.6 Å². The third-order valence-electron chi connectivity index (χ3n) is 3.62. The second kappa shape index (κ2) is 6.19. The smallest absolute Gasteiger partial charge is 0.231 e. The fourth-order valence-electron chi connectivity index (χ4n) is 2.27. The molecule has 0 bridgehead atoms. The summed E-state index contributed by atoms with van der Waals surface area (Å²) < 4.78 is 19.0. The predicted octanol–water partition coefficient (Wildman–Crippen LogP) is 1.99. The van der Waals surface area contributed by atoms with Gasteiger partial charge in [-0.2, -0.15) is 0 Å². The first-order valence-electron chi connectivity index (χ1n) is 7.34. The zero-order valence-electron chi connectivity index (χ0n) is 12.4. The second-order valence-electron chi connectivity index (χ2n) is 5.27. The maximum atomic E-state index is 13.4. The number of nitrogens with zero attached hydrogens (tertiary/aromatic N) is 2. The van der Waals surface area contributed by atoms with E-state index in [1.165, 1.54) is 12.1 Å². The molecule has 6 heteroatoms. The van der Waals surface area contributed by atoms with Crippen LogP contribution in [0, 0.1) is 5.82 Å². The van der Waals surface area contributed by atoms with E-state index < -0.39 is 0 Å². The van der Waals surface area contributed by atoms with E-state index in [2.05, 4.69) is 10.4 Å². The van der Waals surface area contributed by atoms with Crippen LogP contribution >= 0.6 is 0 Å². The van der Waals surface area contributed by atoms with Crippen LogP contribution in [0.25, 0.3) is 5.70 Å².